The average molecular weight is 483 g/mol. The normalized spacial score (nSPS) is 27.6. The van der Waals surface area contributed by atoms with E-state index >= 15 is 0 Å². The predicted molar refractivity (Wildman–Crippen MR) is 120 cm³/mol. The number of aliphatic hydroxyl groups is 1. The van der Waals surface area contributed by atoms with Crippen LogP contribution in [0.25, 0.3) is 0 Å². The molecule has 10 heteroatoms. The lowest BCUT2D eigenvalue weighted by Crippen LogP contribution is -2.49. The Hall–Kier alpha value is -0.780. The maximum Gasteiger partial charge on any atom is 0.397 e. The molecule has 190 valence electrons. The van der Waals surface area contributed by atoms with E-state index in [1.807, 2.05) is 0 Å². The van der Waals surface area contributed by atoms with Crippen LogP contribution < -0.4 is 0 Å². The second-order valence-corrected chi connectivity index (χ2v) is 9.65. The van der Waals surface area contributed by atoms with Gasteiger partial charge in [-0.1, -0.05) is 58.8 Å². The van der Waals surface area contributed by atoms with Crippen molar-refractivity contribution in [2.24, 2.45) is 5.92 Å². The molecule has 6 unspecified atom stereocenters. The van der Waals surface area contributed by atoms with Crippen LogP contribution in [0.5, 0.6) is 0 Å². The average Bonchev–Trinajstić information content (AvgIpc) is 2.84. The number of carbonyl (C=O) groups is 1. The van der Waals surface area contributed by atoms with E-state index in [1.165, 1.54) is 14.2 Å². The van der Waals surface area contributed by atoms with Gasteiger partial charge in [0.15, 0.2) is 0 Å². The van der Waals surface area contributed by atoms with Crippen LogP contribution in [0.2, 0.25) is 0 Å². The van der Waals surface area contributed by atoms with Gasteiger partial charge in [-0.2, -0.15) is 8.42 Å². The minimum absolute atomic E-state index is 0.0486. The van der Waals surface area contributed by atoms with Crippen LogP contribution in [0.15, 0.2) is 0 Å². The SMILES string of the molecule is CCCCCCC(CCCCC)C1OC(CC(=O)OC)CC(O)C(OC)C1OS(=O)(=O)O. The van der Waals surface area contributed by atoms with Crippen LogP contribution in [0.3, 0.4) is 0 Å². The van der Waals surface area contributed by atoms with Gasteiger partial charge in [-0.3, -0.25) is 9.35 Å². The molecular weight excluding hydrogens is 440 g/mol. The lowest BCUT2D eigenvalue weighted by atomic mass is 9.85. The van der Waals surface area contributed by atoms with Crippen LogP contribution in [-0.2, 0) is 33.6 Å². The summed E-state index contributed by atoms with van der Waals surface area (Å²) in [5.41, 5.74) is 0. The first-order valence-corrected chi connectivity index (χ1v) is 13.1. The van der Waals surface area contributed by atoms with E-state index in [4.69, 9.17) is 18.4 Å². The molecule has 0 amide bonds. The lowest BCUT2D eigenvalue weighted by Gasteiger charge is -2.35. The van der Waals surface area contributed by atoms with Gasteiger partial charge in [0.2, 0.25) is 0 Å². The number of hydrogen-bond acceptors (Lipinski definition) is 8. The van der Waals surface area contributed by atoms with Crippen molar-refractivity contribution in [3.05, 3.63) is 0 Å². The molecule has 1 fully saturated rings. The van der Waals surface area contributed by atoms with E-state index < -0.39 is 46.9 Å². The Morgan fingerprint density at radius 2 is 1.62 bits per heavy atom. The van der Waals surface area contributed by atoms with Crippen molar-refractivity contribution in [1.29, 1.82) is 0 Å². The fraction of sp³-hybridized carbons (Fsp3) is 0.955. The zero-order valence-corrected chi connectivity index (χ0v) is 20.7. The summed E-state index contributed by atoms with van der Waals surface area (Å²) in [6.07, 6.45) is 3.73. The van der Waals surface area contributed by atoms with E-state index in [0.717, 1.165) is 57.8 Å². The van der Waals surface area contributed by atoms with E-state index in [0.29, 0.717) is 0 Å². The zero-order chi connectivity index (χ0) is 24.1. The van der Waals surface area contributed by atoms with Gasteiger partial charge in [0.25, 0.3) is 0 Å². The smallest absolute Gasteiger partial charge is 0.397 e. The first kappa shape index (κ1) is 29.3. The fourth-order valence-corrected chi connectivity index (χ4v) is 4.95. The van der Waals surface area contributed by atoms with E-state index in [1.54, 1.807) is 0 Å². The molecular formula is C22H42O9S. The molecule has 1 rings (SSSR count). The highest BCUT2D eigenvalue weighted by molar-refractivity contribution is 7.80. The minimum atomic E-state index is -4.84. The molecule has 0 radical (unpaired) electrons. The van der Waals surface area contributed by atoms with Crippen LogP contribution in [0.4, 0.5) is 0 Å². The maximum atomic E-state index is 11.9. The minimum Gasteiger partial charge on any atom is -0.469 e. The Balaban J connectivity index is 3.27. The van der Waals surface area contributed by atoms with Crippen molar-refractivity contribution in [3.63, 3.8) is 0 Å². The summed E-state index contributed by atoms with van der Waals surface area (Å²) in [6, 6.07) is 0. The third kappa shape index (κ3) is 10.4. The van der Waals surface area contributed by atoms with Gasteiger partial charge in [-0.15, -0.1) is 0 Å². The number of methoxy groups -OCH3 is 2. The monoisotopic (exact) mass is 482 g/mol. The number of esters is 1. The Bertz CT molecular complexity index is 625. The zero-order valence-electron chi connectivity index (χ0n) is 19.9. The van der Waals surface area contributed by atoms with Crippen molar-refractivity contribution in [2.75, 3.05) is 14.2 Å². The molecule has 0 aromatic heterocycles. The molecule has 0 aromatic carbocycles. The number of ether oxygens (including phenoxy) is 3. The molecule has 0 aliphatic carbocycles. The molecule has 1 aliphatic heterocycles. The van der Waals surface area contributed by atoms with Crippen LogP contribution >= 0.6 is 0 Å². The Morgan fingerprint density at radius 1 is 1.03 bits per heavy atom. The first-order chi connectivity index (χ1) is 15.2. The first-order valence-electron chi connectivity index (χ1n) is 11.8. The highest BCUT2D eigenvalue weighted by Crippen LogP contribution is 2.35. The number of unbranched alkanes of at least 4 members (excludes halogenated alkanes) is 5. The van der Waals surface area contributed by atoms with Gasteiger partial charge in [0.05, 0.1) is 31.8 Å². The van der Waals surface area contributed by atoms with E-state index in [9.17, 15) is 22.9 Å². The molecule has 1 heterocycles. The third-order valence-corrected chi connectivity index (χ3v) is 6.54. The molecule has 1 aliphatic rings. The number of carbonyl (C=O) groups excluding carboxylic acids is 1. The highest BCUT2D eigenvalue weighted by Gasteiger charge is 2.46. The summed E-state index contributed by atoms with van der Waals surface area (Å²) < 4.78 is 54.3. The van der Waals surface area contributed by atoms with Crippen molar-refractivity contribution in [2.45, 2.75) is 115 Å². The summed E-state index contributed by atoms with van der Waals surface area (Å²) in [6.45, 7) is 4.23. The fourth-order valence-electron chi connectivity index (χ4n) is 4.45. The predicted octanol–water partition coefficient (Wildman–Crippen LogP) is 3.44. The van der Waals surface area contributed by atoms with Gasteiger partial charge >= 0.3 is 16.4 Å². The Labute approximate surface area is 193 Å². The number of aliphatic hydroxyl groups excluding tert-OH is 1. The van der Waals surface area contributed by atoms with Gasteiger partial charge < -0.3 is 19.3 Å². The molecule has 0 aromatic rings. The standard InChI is InChI=1S/C22H42O9S/c1-5-7-9-11-13-16(12-10-8-6-2)20-22(31-32(25,26)27)21(29-4)18(23)14-17(30-20)15-19(24)28-3/h16-18,20-23H,5-15H2,1-4H3,(H,25,26,27). The van der Waals surface area contributed by atoms with Gasteiger partial charge in [0, 0.05) is 13.5 Å². The van der Waals surface area contributed by atoms with Crippen molar-refractivity contribution < 1.29 is 41.3 Å². The Kier molecular flexibility index (Phi) is 13.9. The van der Waals surface area contributed by atoms with Crippen LogP contribution in [0.1, 0.15) is 84.5 Å². The molecule has 2 N–H and O–H groups in total. The molecule has 1 saturated heterocycles. The summed E-state index contributed by atoms with van der Waals surface area (Å²) >= 11 is 0. The van der Waals surface area contributed by atoms with Gasteiger partial charge in [0.1, 0.15) is 12.2 Å². The summed E-state index contributed by atoms with van der Waals surface area (Å²) in [5.74, 6) is -0.581. The summed E-state index contributed by atoms with van der Waals surface area (Å²) in [7, 11) is -2.21. The molecule has 32 heavy (non-hydrogen) atoms. The Morgan fingerprint density at radius 3 is 2.16 bits per heavy atom. The second kappa shape index (κ2) is 15.2. The van der Waals surface area contributed by atoms with Crippen molar-refractivity contribution in [1.82, 2.24) is 0 Å². The van der Waals surface area contributed by atoms with Gasteiger partial charge in [-0.25, -0.2) is 4.18 Å². The molecule has 6 atom stereocenters. The van der Waals surface area contributed by atoms with Crippen LogP contribution in [-0.4, -0.2) is 68.8 Å². The lowest BCUT2D eigenvalue weighted by molar-refractivity contribution is -0.150. The van der Waals surface area contributed by atoms with E-state index in [2.05, 4.69) is 13.8 Å². The summed E-state index contributed by atoms with van der Waals surface area (Å²) in [4.78, 5) is 11.9. The number of rotatable bonds is 15. The molecule has 0 saturated carbocycles. The molecule has 0 spiro atoms. The number of hydrogen-bond donors (Lipinski definition) is 2. The quantitative estimate of drug-likeness (QED) is 0.205. The molecule has 0 bridgehead atoms. The highest BCUT2D eigenvalue weighted by atomic mass is 32.3. The van der Waals surface area contributed by atoms with Crippen molar-refractivity contribution in [3.8, 4) is 0 Å². The van der Waals surface area contributed by atoms with Crippen LogP contribution in [0, 0.1) is 5.92 Å². The van der Waals surface area contributed by atoms with E-state index in [-0.39, 0.29) is 18.8 Å². The molecule has 9 nitrogen and oxygen atoms in total. The largest absolute Gasteiger partial charge is 0.469 e. The topological polar surface area (TPSA) is 129 Å². The summed E-state index contributed by atoms with van der Waals surface area (Å²) in [5, 5.41) is 10.7. The second-order valence-electron chi connectivity index (χ2n) is 8.60. The van der Waals surface area contributed by atoms with Gasteiger partial charge in [-0.05, 0) is 18.8 Å². The maximum absolute atomic E-state index is 11.9. The van der Waals surface area contributed by atoms with Crippen molar-refractivity contribution >= 4 is 16.4 Å². The third-order valence-electron chi connectivity index (χ3n) is 6.08.